The topological polar surface area (TPSA) is 93.4 Å². The molecule has 1 atom stereocenters. The predicted molar refractivity (Wildman–Crippen MR) is 93.7 cm³/mol. The molecule has 2 N–H and O–H groups in total. The second kappa shape index (κ2) is 6.92. The highest BCUT2D eigenvalue weighted by Gasteiger charge is 2.22. The van der Waals surface area contributed by atoms with E-state index < -0.39 is 0 Å². The zero-order chi connectivity index (χ0) is 18.0. The normalized spacial score (nSPS) is 12.5. The molecule has 0 aromatic carbocycles. The molecule has 0 fully saturated rings. The Bertz CT molecular complexity index is 858. The maximum absolute atomic E-state index is 12.7. The van der Waals surface area contributed by atoms with Gasteiger partial charge in [-0.1, -0.05) is 13.8 Å². The molecular weight excluding hydrogens is 318 g/mol. The van der Waals surface area contributed by atoms with E-state index in [1.807, 2.05) is 37.0 Å². The third kappa shape index (κ3) is 3.62. The molecule has 0 saturated carbocycles. The van der Waals surface area contributed by atoms with Gasteiger partial charge in [0.15, 0.2) is 0 Å². The van der Waals surface area contributed by atoms with Gasteiger partial charge in [0, 0.05) is 20.3 Å². The molecule has 0 aliphatic rings. The Hall–Kier alpha value is -2.90. The molecule has 0 saturated heterocycles. The zero-order valence-corrected chi connectivity index (χ0v) is 14.9. The van der Waals surface area contributed by atoms with Gasteiger partial charge in [-0.15, -0.1) is 0 Å². The smallest absolute Gasteiger partial charge is 0.269 e. The summed E-state index contributed by atoms with van der Waals surface area (Å²) >= 11 is 0. The van der Waals surface area contributed by atoms with Crippen molar-refractivity contribution in [1.29, 1.82) is 0 Å². The molecule has 0 aliphatic carbocycles. The van der Waals surface area contributed by atoms with Gasteiger partial charge in [0.2, 0.25) is 0 Å². The largest absolute Gasteiger partial charge is 0.349 e. The number of aromatic nitrogens is 6. The number of hydrogen-bond acceptors (Lipinski definition) is 4. The molecule has 3 rings (SSSR count). The maximum atomic E-state index is 12.7. The Morgan fingerprint density at radius 3 is 2.76 bits per heavy atom. The van der Waals surface area contributed by atoms with Crippen LogP contribution >= 0.6 is 0 Å². The maximum Gasteiger partial charge on any atom is 0.269 e. The first kappa shape index (κ1) is 16.9. The van der Waals surface area contributed by atoms with Crippen molar-refractivity contribution in [2.75, 3.05) is 0 Å². The Morgan fingerprint density at radius 2 is 2.16 bits per heavy atom. The van der Waals surface area contributed by atoms with Crippen LogP contribution in [0.3, 0.4) is 0 Å². The Labute approximate surface area is 146 Å². The second-order valence-electron chi connectivity index (χ2n) is 6.57. The van der Waals surface area contributed by atoms with E-state index in [9.17, 15) is 4.79 Å². The summed E-state index contributed by atoms with van der Waals surface area (Å²) in [5.41, 5.74) is 2.10. The molecule has 0 spiro atoms. The SMILES string of the molecule is CC(C)CC(NC(=O)c1cc(-c2cccn2C)n[nH]1)c1ncnn1C. The lowest BCUT2D eigenvalue weighted by Gasteiger charge is -2.19. The number of nitrogens with zero attached hydrogens (tertiary/aromatic N) is 5. The quantitative estimate of drug-likeness (QED) is 0.718. The lowest BCUT2D eigenvalue weighted by molar-refractivity contribution is 0.0924. The van der Waals surface area contributed by atoms with Crippen molar-refractivity contribution in [3.8, 4) is 11.4 Å². The number of rotatable bonds is 6. The van der Waals surface area contributed by atoms with Crippen LogP contribution in [0.25, 0.3) is 11.4 Å². The van der Waals surface area contributed by atoms with Gasteiger partial charge in [-0.3, -0.25) is 14.6 Å². The van der Waals surface area contributed by atoms with Crippen LogP contribution in [0.4, 0.5) is 0 Å². The van der Waals surface area contributed by atoms with E-state index in [1.54, 1.807) is 10.7 Å². The summed E-state index contributed by atoms with van der Waals surface area (Å²) in [6.45, 7) is 4.22. The molecular formula is C17H23N7O. The van der Waals surface area contributed by atoms with Crippen molar-refractivity contribution >= 4 is 5.91 Å². The summed E-state index contributed by atoms with van der Waals surface area (Å²) in [7, 11) is 3.77. The predicted octanol–water partition coefficient (Wildman–Crippen LogP) is 2.06. The van der Waals surface area contributed by atoms with Gasteiger partial charge in [0.1, 0.15) is 23.5 Å². The molecule has 3 aromatic rings. The third-order valence-corrected chi connectivity index (χ3v) is 4.10. The van der Waals surface area contributed by atoms with Crippen LogP contribution in [0.5, 0.6) is 0 Å². The van der Waals surface area contributed by atoms with Crippen LogP contribution in [-0.4, -0.2) is 35.4 Å². The van der Waals surface area contributed by atoms with Crippen molar-refractivity contribution in [3.63, 3.8) is 0 Å². The lowest BCUT2D eigenvalue weighted by atomic mass is 10.0. The number of hydrogen-bond donors (Lipinski definition) is 2. The summed E-state index contributed by atoms with van der Waals surface area (Å²) in [5.74, 6) is 0.938. The van der Waals surface area contributed by atoms with E-state index >= 15 is 0 Å². The fourth-order valence-corrected chi connectivity index (χ4v) is 2.85. The van der Waals surface area contributed by atoms with Crippen LogP contribution in [0.15, 0.2) is 30.7 Å². The molecule has 3 heterocycles. The number of amides is 1. The van der Waals surface area contributed by atoms with Gasteiger partial charge in [-0.25, -0.2) is 4.98 Å². The monoisotopic (exact) mass is 341 g/mol. The van der Waals surface area contributed by atoms with Crippen molar-refractivity contribution < 1.29 is 4.79 Å². The van der Waals surface area contributed by atoms with E-state index in [2.05, 4.69) is 39.4 Å². The highest BCUT2D eigenvalue weighted by molar-refractivity contribution is 5.93. The molecule has 8 heteroatoms. The van der Waals surface area contributed by atoms with Gasteiger partial charge in [-0.2, -0.15) is 10.2 Å². The van der Waals surface area contributed by atoms with E-state index in [4.69, 9.17) is 0 Å². The minimum absolute atomic E-state index is 0.207. The van der Waals surface area contributed by atoms with Gasteiger partial charge in [0.05, 0.1) is 11.7 Å². The Morgan fingerprint density at radius 1 is 1.36 bits per heavy atom. The summed E-state index contributed by atoms with van der Waals surface area (Å²) in [6.07, 6.45) is 4.21. The van der Waals surface area contributed by atoms with Crippen molar-refractivity contribution in [2.24, 2.45) is 20.0 Å². The first-order chi connectivity index (χ1) is 12.0. The highest BCUT2D eigenvalue weighted by Crippen LogP contribution is 2.21. The first-order valence-electron chi connectivity index (χ1n) is 8.27. The van der Waals surface area contributed by atoms with Gasteiger partial charge < -0.3 is 9.88 Å². The zero-order valence-electron chi connectivity index (χ0n) is 14.9. The first-order valence-corrected chi connectivity index (χ1v) is 8.27. The van der Waals surface area contributed by atoms with Gasteiger partial charge in [0.25, 0.3) is 5.91 Å². The van der Waals surface area contributed by atoms with E-state index in [1.165, 1.54) is 6.33 Å². The molecule has 0 radical (unpaired) electrons. The number of H-pyrrole nitrogens is 1. The van der Waals surface area contributed by atoms with Crippen LogP contribution < -0.4 is 5.32 Å². The molecule has 1 unspecified atom stereocenters. The number of nitrogens with one attached hydrogen (secondary N) is 2. The fraction of sp³-hybridized carbons (Fsp3) is 0.412. The molecule has 0 bridgehead atoms. The fourth-order valence-electron chi connectivity index (χ4n) is 2.85. The van der Waals surface area contributed by atoms with E-state index in [0.29, 0.717) is 11.6 Å². The number of aryl methyl sites for hydroxylation is 2. The lowest BCUT2D eigenvalue weighted by Crippen LogP contribution is -2.31. The molecule has 3 aromatic heterocycles. The summed E-state index contributed by atoms with van der Waals surface area (Å²) in [6, 6.07) is 5.45. The summed E-state index contributed by atoms with van der Waals surface area (Å²) < 4.78 is 3.65. The summed E-state index contributed by atoms with van der Waals surface area (Å²) in [4.78, 5) is 16.9. The molecule has 1 amide bonds. The van der Waals surface area contributed by atoms with Crippen molar-refractivity contribution in [2.45, 2.75) is 26.3 Å². The average Bonchev–Trinajstić information content (AvgIpc) is 3.26. The van der Waals surface area contributed by atoms with E-state index in [-0.39, 0.29) is 11.9 Å². The van der Waals surface area contributed by atoms with Crippen LogP contribution in [-0.2, 0) is 14.1 Å². The summed E-state index contributed by atoms with van der Waals surface area (Å²) in [5, 5.41) is 14.2. The molecule has 8 nitrogen and oxygen atoms in total. The Kier molecular flexibility index (Phi) is 4.69. The Balaban J connectivity index is 1.79. The van der Waals surface area contributed by atoms with Gasteiger partial charge >= 0.3 is 0 Å². The standard InChI is InChI=1S/C17H23N7O/c1-11(2)8-13(16-18-10-19-24(16)4)20-17(25)14-9-12(21-22-14)15-6-5-7-23(15)3/h5-7,9-11,13H,8H2,1-4H3,(H,20,25)(H,21,22). The number of carbonyl (C=O) groups excluding carboxylic acids is 1. The number of carbonyl (C=O) groups is 1. The minimum Gasteiger partial charge on any atom is -0.349 e. The van der Waals surface area contributed by atoms with Crippen molar-refractivity contribution in [3.05, 3.63) is 42.2 Å². The molecule has 0 aliphatic heterocycles. The third-order valence-electron chi connectivity index (χ3n) is 4.10. The van der Waals surface area contributed by atoms with Crippen molar-refractivity contribution in [1.82, 2.24) is 34.8 Å². The van der Waals surface area contributed by atoms with Crippen LogP contribution in [0.1, 0.15) is 42.6 Å². The highest BCUT2D eigenvalue weighted by atomic mass is 16.2. The number of aromatic amines is 1. The molecule has 25 heavy (non-hydrogen) atoms. The molecule has 132 valence electrons. The second-order valence-corrected chi connectivity index (χ2v) is 6.57. The van der Waals surface area contributed by atoms with Crippen LogP contribution in [0.2, 0.25) is 0 Å². The average molecular weight is 341 g/mol. The van der Waals surface area contributed by atoms with E-state index in [0.717, 1.165) is 23.6 Å². The minimum atomic E-state index is -0.207. The van der Waals surface area contributed by atoms with Gasteiger partial charge in [-0.05, 0) is 30.5 Å². The van der Waals surface area contributed by atoms with Crippen LogP contribution in [0, 0.1) is 5.92 Å².